The standard InChI is InChI=1S/C13H11NO4/c1-16-13(15)10(8-14)7-9-3-2-4-11-12(9)18-6-5-17-11/h2-4,7H,5-6H2,1H3/b10-7-. The number of ether oxygens (including phenoxy) is 3. The lowest BCUT2D eigenvalue weighted by molar-refractivity contribution is -0.135. The summed E-state index contributed by atoms with van der Waals surface area (Å²) in [6.45, 7) is 0.931. The molecule has 0 fully saturated rings. The maximum atomic E-state index is 11.3. The molecule has 1 aliphatic rings. The zero-order chi connectivity index (χ0) is 13.0. The van der Waals surface area contributed by atoms with Gasteiger partial charge in [-0.25, -0.2) is 4.79 Å². The fourth-order valence-electron chi connectivity index (χ4n) is 1.61. The van der Waals surface area contributed by atoms with Gasteiger partial charge in [-0.1, -0.05) is 12.1 Å². The van der Waals surface area contributed by atoms with Crippen LogP contribution in [0.5, 0.6) is 11.5 Å². The summed E-state index contributed by atoms with van der Waals surface area (Å²) in [5.41, 5.74) is 0.536. The molecular weight excluding hydrogens is 234 g/mol. The minimum absolute atomic E-state index is 0.0833. The number of carbonyl (C=O) groups is 1. The molecule has 1 aromatic carbocycles. The first-order valence-electron chi connectivity index (χ1n) is 5.35. The van der Waals surface area contributed by atoms with Crippen LogP contribution in [0.3, 0.4) is 0 Å². The van der Waals surface area contributed by atoms with E-state index in [1.165, 1.54) is 13.2 Å². The number of hydrogen-bond acceptors (Lipinski definition) is 5. The highest BCUT2D eigenvalue weighted by atomic mass is 16.6. The van der Waals surface area contributed by atoms with E-state index in [1.54, 1.807) is 24.3 Å². The van der Waals surface area contributed by atoms with Gasteiger partial charge < -0.3 is 14.2 Å². The quantitative estimate of drug-likeness (QED) is 0.449. The number of fused-ring (bicyclic) bond motifs is 1. The van der Waals surface area contributed by atoms with Crippen molar-refractivity contribution in [3.8, 4) is 17.6 Å². The van der Waals surface area contributed by atoms with E-state index in [2.05, 4.69) is 4.74 Å². The Hall–Kier alpha value is -2.48. The van der Waals surface area contributed by atoms with Gasteiger partial charge in [-0.05, 0) is 12.1 Å². The third-order valence-electron chi connectivity index (χ3n) is 2.42. The number of hydrogen-bond donors (Lipinski definition) is 0. The van der Waals surface area contributed by atoms with Gasteiger partial charge in [-0.15, -0.1) is 0 Å². The number of para-hydroxylation sites is 1. The van der Waals surface area contributed by atoms with Gasteiger partial charge in [-0.3, -0.25) is 0 Å². The molecule has 92 valence electrons. The van der Waals surface area contributed by atoms with Gasteiger partial charge in [0.25, 0.3) is 0 Å². The lowest BCUT2D eigenvalue weighted by atomic mass is 10.1. The average Bonchev–Trinajstić information content (AvgIpc) is 2.44. The molecule has 1 heterocycles. The molecule has 0 N–H and O–H groups in total. The maximum absolute atomic E-state index is 11.3. The van der Waals surface area contributed by atoms with Crippen molar-refractivity contribution >= 4 is 12.0 Å². The number of nitrogens with zero attached hydrogens (tertiary/aromatic N) is 1. The van der Waals surface area contributed by atoms with Crippen molar-refractivity contribution in [2.75, 3.05) is 20.3 Å². The number of esters is 1. The first-order chi connectivity index (χ1) is 8.76. The molecule has 1 aliphatic heterocycles. The number of rotatable bonds is 2. The summed E-state index contributed by atoms with van der Waals surface area (Å²) >= 11 is 0. The van der Waals surface area contributed by atoms with Crippen molar-refractivity contribution in [2.24, 2.45) is 0 Å². The van der Waals surface area contributed by atoms with Gasteiger partial charge in [0.1, 0.15) is 24.9 Å². The molecule has 1 aromatic rings. The molecule has 0 aliphatic carbocycles. The van der Waals surface area contributed by atoms with E-state index in [1.807, 2.05) is 0 Å². The van der Waals surface area contributed by atoms with Crippen LogP contribution in [-0.2, 0) is 9.53 Å². The lowest BCUT2D eigenvalue weighted by Crippen LogP contribution is -2.16. The summed E-state index contributed by atoms with van der Waals surface area (Å²) in [5.74, 6) is 0.476. The topological polar surface area (TPSA) is 68.6 Å². The Balaban J connectivity index is 2.43. The van der Waals surface area contributed by atoms with Gasteiger partial charge >= 0.3 is 5.97 Å². The van der Waals surface area contributed by atoms with E-state index in [0.29, 0.717) is 30.3 Å². The van der Waals surface area contributed by atoms with E-state index >= 15 is 0 Å². The van der Waals surface area contributed by atoms with Crippen LogP contribution in [0, 0.1) is 11.3 Å². The first kappa shape index (κ1) is 12.0. The molecule has 2 rings (SSSR count). The minimum Gasteiger partial charge on any atom is -0.486 e. The highest BCUT2D eigenvalue weighted by molar-refractivity contribution is 5.98. The van der Waals surface area contributed by atoms with Crippen molar-refractivity contribution in [1.29, 1.82) is 5.26 Å². The summed E-state index contributed by atoms with van der Waals surface area (Å²) < 4.78 is 15.4. The normalized spacial score (nSPS) is 13.7. The van der Waals surface area contributed by atoms with Crippen molar-refractivity contribution < 1.29 is 19.0 Å². The van der Waals surface area contributed by atoms with Crippen LogP contribution in [0.15, 0.2) is 23.8 Å². The van der Waals surface area contributed by atoms with Crippen LogP contribution in [-0.4, -0.2) is 26.3 Å². The zero-order valence-electron chi connectivity index (χ0n) is 9.80. The molecule has 0 radical (unpaired) electrons. The van der Waals surface area contributed by atoms with Crippen LogP contribution in [0.1, 0.15) is 5.56 Å². The number of benzene rings is 1. The smallest absolute Gasteiger partial charge is 0.348 e. The molecule has 0 bridgehead atoms. The fourth-order valence-corrected chi connectivity index (χ4v) is 1.61. The molecule has 0 saturated carbocycles. The van der Waals surface area contributed by atoms with E-state index < -0.39 is 5.97 Å². The van der Waals surface area contributed by atoms with Gasteiger partial charge in [-0.2, -0.15) is 5.26 Å². The second kappa shape index (κ2) is 5.23. The molecule has 0 saturated heterocycles. The minimum atomic E-state index is -0.674. The summed E-state index contributed by atoms with van der Waals surface area (Å²) in [7, 11) is 1.23. The van der Waals surface area contributed by atoms with Crippen LogP contribution < -0.4 is 9.47 Å². The number of methoxy groups -OCH3 is 1. The molecular formula is C13H11NO4. The highest BCUT2D eigenvalue weighted by Gasteiger charge is 2.16. The van der Waals surface area contributed by atoms with Gasteiger partial charge in [0.05, 0.1) is 7.11 Å². The molecule has 18 heavy (non-hydrogen) atoms. The van der Waals surface area contributed by atoms with E-state index in [-0.39, 0.29) is 5.57 Å². The molecule has 5 nitrogen and oxygen atoms in total. The van der Waals surface area contributed by atoms with Crippen molar-refractivity contribution in [2.45, 2.75) is 0 Å². The Morgan fingerprint density at radius 2 is 2.22 bits per heavy atom. The van der Waals surface area contributed by atoms with Gasteiger partial charge in [0.2, 0.25) is 0 Å². The summed E-state index contributed by atoms with van der Waals surface area (Å²) in [6, 6.07) is 7.09. The highest BCUT2D eigenvalue weighted by Crippen LogP contribution is 2.34. The lowest BCUT2D eigenvalue weighted by Gasteiger charge is -2.19. The van der Waals surface area contributed by atoms with Crippen molar-refractivity contribution in [3.63, 3.8) is 0 Å². The second-order valence-corrected chi connectivity index (χ2v) is 3.53. The second-order valence-electron chi connectivity index (χ2n) is 3.53. The summed E-state index contributed by atoms with van der Waals surface area (Å²) in [6.07, 6.45) is 1.43. The third-order valence-corrected chi connectivity index (χ3v) is 2.42. The molecule has 0 aromatic heterocycles. The predicted octanol–water partition coefficient (Wildman–Crippen LogP) is 1.54. The fraction of sp³-hybridized carbons (Fsp3) is 0.231. The molecule has 0 spiro atoms. The average molecular weight is 245 g/mol. The van der Waals surface area contributed by atoms with E-state index in [9.17, 15) is 4.79 Å². The van der Waals surface area contributed by atoms with E-state index in [4.69, 9.17) is 14.7 Å². The number of carbonyl (C=O) groups excluding carboxylic acids is 1. The zero-order valence-corrected chi connectivity index (χ0v) is 9.80. The van der Waals surface area contributed by atoms with Crippen LogP contribution in [0.2, 0.25) is 0 Å². The molecule has 0 atom stereocenters. The molecule has 0 unspecified atom stereocenters. The van der Waals surface area contributed by atoms with Crippen molar-refractivity contribution in [3.05, 3.63) is 29.3 Å². The summed E-state index contributed by atoms with van der Waals surface area (Å²) in [5, 5.41) is 8.90. The largest absolute Gasteiger partial charge is 0.486 e. The Kier molecular flexibility index (Phi) is 3.49. The first-order valence-corrected chi connectivity index (χ1v) is 5.35. The third kappa shape index (κ3) is 2.28. The summed E-state index contributed by atoms with van der Waals surface area (Å²) in [4.78, 5) is 11.3. The predicted molar refractivity (Wildman–Crippen MR) is 63.0 cm³/mol. The van der Waals surface area contributed by atoms with Crippen LogP contribution in [0.4, 0.5) is 0 Å². The van der Waals surface area contributed by atoms with Crippen molar-refractivity contribution in [1.82, 2.24) is 0 Å². The Bertz CT molecular complexity index is 542. The Labute approximate surface area is 104 Å². The molecule has 0 amide bonds. The van der Waals surface area contributed by atoms with E-state index in [0.717, 1.165) is 0 Å². The van der Waals surface area contributed by atoms with Gasteiger partial charge in [0.15, 0.2) is 11.5 Å². The Morgan fingerprint density at radius 3 is 2.94 bits per heavy atom. The SMILES string of the molecule is COC(=O)/C(C#N)=C\c1cccc2c1OCCO2. The number of nitriles is 1. The maximum Gasteiger partial charge on any atom is 0.348 e. The van der Waals surface area contributed by atoms with Gasteiger partial charge in [0, 0.05) is 5.56 Å². The molecule has 5 heteroatoms. The Morgan fingerprint density at radius 1 is 1.44 bits per heavy atom. The van der Waals surface area contributed by atoms with Crippen LogP contribution >= 0.6 is 0 Å². The monoisotopic (exact) mass is 245 g/mol. The van der Waals surface area contributed by atoms with Crippen LogP contribution in [0.25, 0.3) is 6.08 Å².